The van der Waals surface area contributed by atoms with Crippen molar-refractivity contribution in [2.75, 3.05) is 39.4 Å². The molecule has 1 heterocycles. The Kier molecular flexibility index (Phi) is 7.56. The van der Waals surface area contributed by atoms with Gasteiger partial charge in [-0.25, -0.2) is 0 Å². The van der Waals surface area contributed by atoms with Gasteiger partial charge in [0.05, 0.1) is 18.7 Å². The molecule has 0 saturated carbocycles. The summed E-state index contributed by atoms with van der Waals surface area (Å²) in [6.07, 6.45) is -0.475. The van der Waals surface area contributed by atoms with Crippen LogP contribution in [0.15, 0.2) is 47.3 Å². The van der Waals surface area contributed by atoms with Gasteiger partial charge in [-0.05, 0) is 37.4 Å². The molecule has 28 heavy (non-hydrogen) atoms. The first-order chi connectivity index (χ1) is 13.7. The van der Waals surface area contributed by atoms with Crippen molar-refractivity contribution < 1.29 is 9.47 Å². The zero-order valence-corrected chi connectivity index (χ0v) is 16.6. The maximum atomic E-state index is 12.8. The van der Waals surface area contributed by atoms with Crippen LogP contribution < -0.4 is 16.1 Å². The lowest BCUT2D eigenvalue weighted by atomic mass is 10.1. The van der Waals surface area contributed by atoms with E-state index in [9.17, 15) is 4.79 Å². The van der Waals surface area contributed by atoms with Crippen LogP contribution in [0.5, 0.6) is 0 Å². The number of aromatic amines is 1. The minimum Gasteiger partial charge on any atom is -0.354 e. The number of aromatic nitrogens is 1. The summed E-state index contributed by atoms with van der Waals surface area (Å²) in [7, 11) is 0. The van der Waals surface area contributed by atoms with Gasteiger partial charge >= 0.3 is 0 Å². The van der Waals surface area contributed by atoms with Crippen LogP contribution in [0.2, 0.25) is 0 Å². The van der Waals surface area contributed by atoms with Gasteiger partial charge in [0.25, 0.3) is 0 Å². The van der Waals surface area contributed by atoms with E-state index in [0.717, 1.165) is 42.8 Å². The molecule has 6 heteroatoms. The van der Waals surface area contributed by atoms with E-state index in [-0.39, 0.29) is 5.43 Å². The fourth-order valence-corrected chi connectivity index (χ4v) is 3.16. The van der Waals surface area contributed by atoms with E-state index in [1.165, 1.54) is 0 Å². The Labute approximate surface area is 165 Å². The first-order valence-electron chi connectivity index (χ1n) is 9.94. The lowest BCUT2D eigenvalue weighted by Gasteiger charge is -2.20. The molecule has 2 aromatic carbocycles. The van der Waals surface area contributed by atoms with Crippen LogP contribution in [0.1, 0.15) is 25.7 Å². The average molecular weight is 383 g/mol. The molecule has 0 aliphatic heterocycles. The van der Waals surface area contributed by atoms with E-state index in [2.05, 4.69) is 29.5 Å². The first kappa shape index (κ1) is 20.5. The number of hydrogen-bond donors (Lipinski definition) is 3. The van der Waals surface area contributed by atoms with Crippen LogP contribution >= 0.6 is 0 Å². The molecule has 0 aliphatic carbocycles. The van der Waals surface area contributed by atoms with Crippen LogP contribution in [0.25, 0.3) is 21.8 Å². The topological polar surface area (TPSA) is 75.4 Å². The van der Waals surface area contributed by atoms with Gasteiger partial charge in [-0.2, -0.15) is 0 Å². The highest BCUT2D eigenvalue weighted by molar-refractivity contribution is 5.92. The average Bonchev–Trinajstić information content (AvgIpc) is 2.72. The van der Waals surface area contributed by atoms with E-state index in [4.69, 9.17) is 9.47 Å². The number of H-pyrrole nitrogens is 1. The SMILES string of the molecule is CCNCCOC(OCCNCC)c1ccc2c(=O)c3ccccc3[nH]c2c1. The second-order valence-corrected chi connectivity index (χ2v) is 6.59. The molecule has 0 bridgehead atoms. The highest BCUT2D eigenvalue weighted by Crippen LogP contribution is 2.23. The second kappa shape index (κ2) is 10.3. The van der Waals surface area contributed by atoms with Gasteiger partial charge in [0.2, 0.25) is 0 Å². The van der Waals surface area contributed by atoms with Gasteiger partial charge in [0.15, 0.2) is 11.7 Å². The lowest BCUT2D eigenvalue weighted by molar-refractivity contribution is -0.144. The second-order valence-electron chi connectivity index (χ2n) is 6.59. The maximum Gasteiger partial charge on any atom is 0.197 e. The Morgan fingerprint density at radius 3 is 2.21 bits per heavy atom. The van der Waals surface area contributed by atoms with Crippen LogP contribution in [-0.2, 0) is 9.47 Å². The molecule has 0 atom stereocenters. The van der Waals surface area contributed by atoms with E-state index >= 15 is 0 Å². The summed E-state index contributed by atoms with van der Waals surface area (Å²) in [5.74, 6) is 0. The van der Waals surface area contributed by atoms with Crippen LogP contribution in [0, 0.1) is 0 Å². The molecule has 3 aromatic rings. The van der Waals surface area contributed by atoms with Crippen molar-refractivity contribution in [3.63, 3.8) is 0 Å². The van der Waals surface area contributed by atoms with Gasteiger partial charge < -0.3 is 25.1 Å². The van der Waals surface area contributed by atoms with E-state index in [1.54, 1.807) is 0 Å². The van der Waals surface area contributed by atoms with Crippen molar-refractivity contribution in [3.8, 4) is 0 Å². The third-order valence-electron chi connectivity index (χ3n) is 4.60. The number of benzene rings is 2. The molecule has 3 rings (SSSR count). The number of hydrogen-bond acceptors (Lipinski definition) is 5. The summed E-state index contributed by atoms with van der Waals surface area (Å²) in [4.78, 5) is 16.1. The molecule has 3 N–H and O–H groups in total. The van der Waals surface area contributed by atoms with Gasteiger partial charge in [-0.1, -0.05) is 32.0 Å². The molecular formula is C22H29N3O3. The summed E-state index contributed by atoms with van der Waals surface area (Å²) in [6.45, 7) is 8.55. The number of para-hydroxylation sites is 1. The van der Waals surface area contributed by atoms with Gasteiger partial charge in [-0.15, -0.1) is 0 Å². The zero-order chi connectivity index (χ0) is 19.8. The summed E-state index contributed by atoms with van der Waals surface area (Å²) in [5, 5.41) is 7.86. The van der Waals surface area contributed by atoms with Gasteiger partial charge in [-0.3, -0.25) is 4.79 Å². The number of fused-ring (bicyclic) bond motifs is 2. The molecule has 0 radical (unpaired) electrons. The van der Waals surface area contributed by atoms with Crippen molar-refractivity contribution in [3.05, 3.63) is 58.3 Å². The summed E-state index contributed by atoms with van der Waals surface area (Å²) in [5.41, 5.74) is 2.55. The highest BCUT2D eigenvalue weighted by Gasteiger charge is 2.15. The molecule has 0 unspecified atom stereocenters. The van der Waals surface area contributed by atoms with Crippen LogP contribution in [0.3, 0.4) is 0 Å². The van der Waals surface area contributed by atoms with Crippen molar-refractivity contribution in [2.45, 2.75) is 20.1 Å². The minimum absolute atomic E-state index is 0.0357. The molecule has 0 fully saturated rings. The Balaban J connectivity index is 1.87. The maximum absolute atomic E-state index is 12.8. The standard InChI is InChI=1S/C22H29N3O3/c1-3-23-11-13-27-22(28-14-12-24-4-2)16-9-10-18-20(15-16)25-19-8-6-5-7-17(19)21(18)26/h5-10,15,22-24H,3-4,11-14H2,1-2H3,(H,25,26). The number of rotatable bonds is 11. The molecule has 0 amide bonds. The molecule has 0 aliphatic rings. The van der Waals surface area contributed by atoms with E-state index in [1.807, 2.05) is 42.5 Å². The van der Waals surface area contributed by atoms with Crippen LogP contribution in [0.4, 0.5) is 0 Å². The molecule has 0 spiro atoms. The van der Waals surface area contributed by atoms with Crippen molar-refractivity contribution in [1.82, 2.24) is 15.6 Å². The number of nitrogens with one attached hydrogen (secondary N) is 3. The van der Waals surface area contributed by atoms with Crippen molar-refractivity contribution >= 4 is 21.8 Å². The fraction of sp³-hybridized carbons (Fsp3) is 0.409. The zero-order valence-electron chi connectivity index (χ0n) is 16.6. The molecular weight excluding hydrogens is 354 g/mol. The molecule has 150 valence electrons. The largest absolute Gasteiger partial charge is 0.354 e. The number of pyridine rings is 1. The quantitative estimate of drug-likeness (QED) is 0.270. The Morgan fingerprint density at radius 2 is 1.54 bits per heavy atom. The molecule has 0 saturated heterocycles. The fourth-order valence-electron chi connectivity index (χ4n) is 3.16. The van der Waals surface area contributed by atoms with E-state index < -0.39 is 6.29 Å². The summed E-state index contributed by atoms with van der Waals surface area (Å²) < 4.78 is 11.9. The van der Waals surface area contributed by atoms with Crippen molar-refractivity contribution in [1.29, 1.82) is 0 Å². The Hall–Kier alpha value is -2.25. The van der Waals surface area contributed by atoms with Crippen LogP contribution in [-0.4, -0.2) is 44.4 Å². The summed E-state index contributed by atoms with van der Waals surface area (Å²) >= 11 is 0. The third-order valence-corrected chi connectivity index (χ3v) is 4.60. The third kappa shape index (κ3) is 4.97. The monoisotopic (exact) mass is 383 g/mol. The predicted octanol–water partition coefficient (Wildman–Crippen LogP) is 2.93. The van der Waals surface area contributed by atoms with Gasteiger partial charge in [0.1, 0.15) is 0 Å². The Bertz CT molecular complexity index is 943. The van der Waals surface area contributed by atoms with E-state index in [0.29, 0.717) is 24.0 Å². The predicted molar refractivity (Wildman–Crippen MR) is 114 cm³/mol. The molecule has 1 aromatic heterocycles. The van der Waals surface area contributed by atoms with Crippen molar-refractivity contribution in [2.24, 2.45) is 0 Å². The lowest BCUT2D eigenvalue weighted by Crippen LogP contribution is -2.24. The highest BCUT2D eigenvalue weighted by atomic mass is 16.7. The summed E-state index contributed by atoms with van der Waals surface area (Å²) in [6, 6.07) is 13.3. The molecule has 6 nitrogen and oxygen atoms in total. The Morgan fingerprint density at radius 1 is 0.893 bits per heavy atom. The van der Waals surface area contributed by atoms with Gasteiger partial charge in [0, 0.05) is 34.9 Å². The first-order valence-corrected chi connectivity index (χ1v) is 9.94. The number of ether oxygens (including phenoxy) is 2. The smallest absolute Gasteiger partial charge is 0.197 e. The normalized spacial score (nSPS) is 11.7. The number of likely N-dealkylation sites (N-methyl/N-ethyl adjacent to an activating group) is 2. The minimum atomic E-state index is -0.475.